The summed E-state index contributed by atoms with van der Waals surface area (Å²) in [4.78, 5) is 0. The Bertz CT molecular complexity index is 672. The molecule has 3 rings (SSSR count). The average Bonchev–Trinajstić information content (AvgIpc) is 2.50. The van der Waals surface area contributed by atoms with Gasteiger partial charge >= 0.3 is 0 Å². The van der Waals surface area contributed by atoms with Gasteiger partial charge in [0.05, 0.1) is 4.47 Å². The standard InChI is InChI=1S/C17H16BrF2N/c18-14-9-15(19)13(8-16(14)20)17(21)12-6-5-10-3-1-2-4-11(10)7-12/h1-4,8-9,12,17H,5-7,21H2. The monoisotopic (exact) mass is 351 g/mol. The quantitative estimate of drug-likeness (QED) is 0.790. The van der Waals surface area contributed by atoms with Crippen LogP contribution in [0.25, 0.3) is 0 Å². The first-order valence-electron chi connectivity index (χ1n) is 7.03. The topological polar surface area (TPSA) is 26.0 Å². The molecule has 1 aliphatic carbocycles. The van der Waals surface area contributed by atoms with Gasteiger partial charge in [0.15, 0.2) is 0 Å². The van der Waals surface area contributed by atoms with Crippen molar-refractivity contribution in [3.8, 4) is 0 Å². The summed E-state index contributed by atoms with van der Waals surface area (Å²) in [5.74, 6) is -0.789. The Morgan fingerprint density at radius 2 is 1.81 bits per heavy atom. The van der Waals surface area contributed by atoms with Crippen LogP contribution in [-0.4, -0.2) is 0 Å². The molecule has 0 saturated carbocycles. The van der Waals surface area contributed by atoms with E-state index in [1.165, 1.54) is 17.2 Å². The first kappa shape index (κ1) is 14.7. The van der Waals surface area contributed by atoms with Crippen LogP contribution in [0.4, 0.5) is 8.78 Å². The lowest BCUT2D eigenvalue weighted by atomic mass is 9.78. The third-order valence-corrected chi connectivity index (χ3v) is 4.90. The van der Waals surface area contributed by atoms with E-state index in [0.717, 1.165) is 25.3 Å². The van der Waals surface area contributed by atoms with Crippen molar-refractivity contribution in [2.75, 3.05) is 0 Å². The number of nitrogens with two attached hydrogens (primary N) is 1. The molecule has 2 unspecified atom stereocenters. The van der Waals surface area contributed by atoms with Crippen molar-refractivity contribution in [1.29, 1.82) is 0 Å². The van der Waals surface area contributed by atoms with E-state index >= 15 is 0 Å². The summed E-state index contributed by atoms with van der Waals surface area (Å²) in [7, 11) is 0. The van der Waals surface area contributed by atoms with Crippen LogP contribution in [-0.2, 0) is 12.8 Å². The second kappa shape index (κ2) is 5.85. The lowest BCUT2D eigenvalue weighted by Gasteiger charge is -2.29. The molecular formula is C17H16BrF2N. The van der Waals surface area contributed by atoms with Crippen molar-refractivity contribution in [3.05, 3.63) is 69.2 Å². The first-order valence-corrected chi connectivity index (χ1v) is 7.82. The molecule has 0 heterocycles. The van der Waals surface area contributed by atoms with Crippen LogP contribution in [0.2, 0.25) is 0 Å². The van der Waals surface area contributed by atoms with Gasteiger partial charge in [-0.1, -0.05) is 24.3 Å². The van der Waals surface area contributed by atoms with E-state index in [1.807, 2.05) is 12.1 Å². The SMILES string of the molecule is NC(c1cc(F)c(Br)cc1F)C1CCc2ccccc2C1. The summed E-state index contributed by atoms with van der Waals surface area (Å²) in [6, 6.07) is 10.1. The van der Waals surface area contributed by atoms with Crippen molar-refractivity contribution in [2.45, 2.75) is 25.3 Å². The van der Waals surface area contributed by atoms with E-state index in [1.54, 1.807) is 0 Å². The molecule has 1 nitrogen and oxygen atoms in total. The highest BCUT2D eigenvalue weighted by atomic mass is 79.9. The first-order chi connectivity index (χ1) is 10.1. The molecule has 4 heteroatoms. The van der Waals surface area contributed by atoms with Gasteiger partial charge < -0.3 is 5.73 Å². The maximum Gasteiger partial charge on any atom is 0.137 e. The summed E-state index contributed by atoms with van der Waals surface area (Å²) < 4.78 is 27.8. The number of hydrogen-bond acceptors (Lipinski definition) is 1. The summed E-state index contributed by atoms with van der Waals surface area (Å²) in [6.45, 7) is 0. The maximum absolute atomic E-state index is 14.1. The highest BCUT2D eigenvalue weighted by Gasteiger charge is 2.27. The molecule has 0 aromatic heterocycles. The van der Waals surface area contributed by atoms with Crippen molar-refractivity contribution in [2.24, 2.45) is 11.7 Å². The lowest BCUT2D eigenvalue weighted by molar-refractivity contribution is 0.371. The van der Waals surface area contributed by atoms with Gasteiger partial charge in [-0.3, -0.25) is 0 Å². The molecule has 110 valence electrons. The minimum atomic E-state index is -0.485. The zero-order valence-electron chi connectivity index (χ0n) is 11.5. The smallest absolute Gasteiger partial charge is 0.137 e. The van der Waals surface area contributed by atoms with Gasteiger partial charge in [-0.25, -0.2) is 8.78 Å². The van der Waals surface area contributed by atoms with Gasteiger partial charge in [0.25, 0.3) is 0 Å². The minimum absolute atomic E-state index is 0.130. The molecule has 2 N–H and O–H groups in total. The van der Waals surface area contributed by atoms with Gasteiger partial charge in [0.1, 0.15) is 11.6 Å². The fourth-order valence-corrected chi connectivity index (χ4v) is 3.40. The van der Waals surface area contributed by atoms with Crippen LogP contribution in [0, 0.1) is 17.6 Å². The van der Waals surface area contributed by atoms with E-state index in [4.69, 9.17) is 5.73 Å². The van der Waals surface area contributed by atoms with Crippen LogP contribution in [0.3, 0.4) is 0 Å². The molecule has 0 radical (unpaired) electrons. The second-order valence-electron chi connectivity index (χ2n) is 5.59. The Balaban J connectivity index is 1.87. The Morgan fingerprint density at radius 3 is 2.57 bits per heavy atom. The zero-order valence-corrected chi connectivity index (χ0v) is 13.0. The molecule has 2 aromatic carbocycles. The summed E-state index contributed by atoms with van der Waals surface area (Å²) in [5.41, 5.74) is 9.09. The van der Waals surface area contributed by atoms with Crippen LogP contribution in [0.5, 0.6) is 0 Å². The summed E-state index contributed by atoms with van der Waals surface area (Å²) in [5, 5.41) is 0. The van der Waals surface area contributed by atoms with Crippen molar-refractivity contribution < 1.29 is 8.78 Å². The second-order valence-corrected chi connectivity index (χ2v) is 6.44. The number of fused-ring (bicyclic) bond motifs is 1. The summed E-state index contributed by atoms with van der Waals surface area (Å²) in [6.07, 6.45) is 2.65. The largest absolute Gasteiger partial charge is 0.324 e. The molecule has 0 spiro atoms. The van der Waals surface area contributed by atoms with E-state index < -0.39 is 17.7 Å². The number of halogens is 3. The van der Waals surface area contributed by atoms with Crippen LogP contribution < -0.4 is 5.73 Å². The molecular weight excluding hydrogens is 336 g/mol. The van der Waals surface area contributed by atoms with Gasteiger partial charge in [-0.2, -0.15) is 0 Å². The van der Waals surface area contributed by atoms with Crippen molar-refractivity contribution in [1.82, 2.24) is 0 Å². The Kier molecular flexibility index (Phi) is 4.09. The predicted molar refractivity (Wildman–Crippen MR) is 82.9 cm³/mol. The van der Waals surface area contributed by atoms with E-state index in [0.29, 0.717) is 0 Å². The Labute approximate surface area is 131 Å². The molecule has 0 saturated heterocycles. The number of hydrogen-bond donors (Lipinski definition) is 1. The molecule has 0 bridgehead atoms. The van der Waals surface area contributed by atoms with E-state index in [-0.39, 0.29) is 16.0 Å². The van der Waals surface area contributed by atoms with Gasteiger partial charge in [0.2, 0.25) is 0 Å². The molecule has 0 aliphatic heterocycles. The fourth-order valence-electron chi connectivity index (χ4n) is 3.08. The number of rotatable bonds is 2. The Hall–Kier alpha value is -1.26. The number of benzene rings is 2. The van der Waals surface area contributed by atoms with Gasteiger partial charge in [0, 0.05) is 11.6 Å². The predicted octanol–water partition coefficient (Wildman–Crippen LogP) is 4.53. The average molecular weight is 352 g/mol. The van der Waals surface area contributed by atoms with E-state index in [2.05, 4.69) is 28.1 Å². The highest BCUT2D eigenvalue weighted by molar-refractivity contribution is 9.10. The highest BCUT2D eigenvalue weighted by Crippen LogP contribution is 2.34. The van der Waals surface area contributed by atoms with Gasteiger partial charge in [-0.15, -0.1) is 0 Å². The molecule has 0 fully saturated rings. The minimum Gasteiger partial charge on any atom is -0.324 e. The third kappa shape index (κ3) is 2.87. The molecule has 0 amide bonds. The lowest BCUT2D eigenvalue weighted by Crippen LogP contribution is -2.27. The zero-order chi connectivity index (χ0) is 15.0. The normalized spacial score (nSPS) is 19.1. The van der Waals surface area contributed by atoms with Gasteiger partial charge in [-0.05, 0) is 64.4 Å². The molecule has 1 aliphatic rings. The van der Waals surface area contributed by atoms with Crippen molar-refractivity contribution in [3.63, 3.8) is 0 Å². The van der Waals surface area contributed by atoms with Crippen LogP contribution in [0.15, 0.2) is 40.9 Å². The Morgan fingerprint density at radius 1 is 1.10 bits per heavy atom. The molecule has 2 aromatic rings. The number of aryl methyl sites for hydroxylation is 1. The van der Waals surface area contributed by atoms with Crippen molar-refractivity contribution >= 4 is 15.9 Å². The molecule has 2 atom stereocenters. The fraction of sp³-hybridized carbons (Fsp3) is 0.294. The van der Waals surface area contributed by atoms with E-state index in [9.17, 15) is 8.78 Å². The van der Waals surface area contributed by atoms with Crippen LogP contribution >= 0.6 is 15.9 Å². The maximum atomic E-state index is 14.1. The van der Waals surface area contributed by atoms with Crippen LogP contribution in [0.1, 0.15) is 29.2 Å². The molecule has 21 heavy (non-hydrogen) atoms. The summed E-state index contributed by atoms with van der Waals surface area (Å²) >= 11 is 2.99. The third-order valence-electron chi connectivity index (χ3n) is 4.29.